The van der Waals surface area contributed by atoms with Gasteiger partial charge in [-0.05, 0) is 18.2 Å². The molecular weight excluding hydrogens is 194 g/mol. The molecule has 0 aliphatic heterocycles. The van der Waals surface area contributed by atoms with Gasteiger partial charge in [0.15, 0.2) is 0 Å². The summed E-state index contributed by atoms with van der Waals surface area (Å²) in [5.74, 6) is -0.264. The Bertz CT molecular complexity index is 513. The minimum Gasteiger partial charge on any atom is -0.287 e. The van der Waals surface area contributed by atoms with Gasteiger partial charge in [0.25, 0.3) is 5.56 Å². The average molecular weight is 201 g/mol. The quantitative estimate of drug-likeness (QED) is 0.713. The summed E-state index contributed by atoms with van der Waals surface area (Å²) >= 11 is 0. The maximum absolute atomic E-state index is 11.7. The molecule has 0 fully saturated rings. The van der Waals surface area contributed by atoms with Crippen molar-refractivity contribution in [3.8, 4) is 0 Å². The van der Waals surface area contributed by atoms with Gasteiger partial charge >= 0.3 is 0 Å². The molecule has 2 aromatic rings. The van der Waals surface area contributed by atoms with Crippen LogP contribution >= 0.6 is 0 Å². The number of nitrogens with one attached hydrogen (secondary N) is 1. The molecule has 1 N–H and O–H groups in total. The van der Waals surface area contributed by atoms with Gasteiger partial charge in [0.05, 0.1) is 0 Å². The number of rotatable bonds is 2. The van der Waals surface area contributed by atoms with Gasteiger partial charge in [0, 0.05) is 24.0 Å². The standard InChI is InChI=1S/C10H7N3O2/c14-9-4-3-8(12-13-9)10(15)7-2-1-5-11-6-7/h1-6H,(H,13,14). The minimum absolute atomic E-state index is 0.197. The SMILES string of the molecule is O=C(c1cccnc1)c1ccc(=O)[nH]n1. The van der Waals surface area contributed by atoms with Crippen LogP contribution in [0.4, 0.5) is 0 Å². The minimum atomic E-state index is -0.335. The van der Waals surface area contributed by atoms with Crippen LogP contribution in [0.1, 0.15) is 16.1 Å². The average Bonchev–Trinajstić information content (AvgIpc) is 2.30. The van der Waals surface area contributed by atoms with Gasteiger partial charge in [0.1, 0.15) is 5.69 Å². The van der Waals surface area contributed by atoms with Crippen LogP contribution in [0.25, 0.3) is 0 Å². The Balaban J connectivity index is 2.37. The van der Waals surface area contributed by atoms with Crippen molar-refractivity contribution in [2.24, 2.45) is 0 Å². The zero-order valence-corrected chi connectivity index (χ0v) is 7.68. The summed E-state index contributed by atoms with van der Waals surface area (Å²) in [6.45, 7) is 0. The fourth-order valence-electron chi connectivity index (χ4n) is 1.12. The zero-order chi connectivity index (χ0) is 10.7. The van der Waals surface area contributed by atoms with Gasteiger partial charge in [-0.15, -0.1) is 0 Å². The van der Waals surface area contributed by atoms with Gasteiger partial charge < -0.3 is 0 Å². The number of carbonyl (C=O) groups is 1. The molecule has 5 heteroatoms. The van der Waals surface area contributed by atoms with Gasteiger partial charge in [-0.25, -0.2) is 5.10 Å². The van der Waals surface area contributed by atoms with Crippen LogP contribution in [0, 0.1) is 0 Å². The first-order valence-electron chi connectivity index (χ1n) is 4.28. The fourth-order valence-corrected chi connectivity index (χ4v) is 1.12. The maximum Gasteiger partial charge on any atom is 0.264 e. The lowest BCUT2D eigenvalue weighted by atomic mass is 10.1. The number of hydrogen-bond donors (Lipinski definition) is 1. The van der Waals surface area contributed by atoms with Crippen molar-refractivity contribution < 1.29 is 4.79 Å². The summed E-state index contributed by atoms with van der Waals surface area (Å²) in [6, 6.07) is 5.95. The highest BCUT2D eigenvalue weighted by molar-refractivity contribution is 6.07. The van der Waals surface area contributed by atoms with E-state index in [1.807, 2.05) is 0 Å². The van der Waals surface area contributed by atoms with Crippen LogP contribution in [0.3, 0.4) is 0 Å². The molecule has 0 saturated heterocycles. The van der Waals surface area contributed by atoms with Crippen LogP contribution in [-0.2, 0) is 0 Å². The molecule has 0 aliphatic carbocycles. The third-order valence-corrected chi connectivity index (χ3v) is 1.84. The highest BCUT2D eigenvalue weighted by atomic mass is 16.1. The Labute approximate surface area is 84.8 Å². The van der Waals surface area contributed by atoms with Gasteiger partial charge in [-0.1, -0.05) is 0 Å². The molecule has 0 aromatic carbocycles. The molecule has 74 valence electrons. The van der Waals surface area contributed by atoms with Crippen LogP contribution in [0.2, 0.25) is 0 Å². The van der Waals surface area contributed by atoms with Crippen molar-refractivity contribution in [1.29, 1.82) is 0 Å². The number of aromatic amines is 1. The second-order valence-electron chi connectivity index (χ2n) is 2.88. The Morgan fingerprint density at radius 1 is 1.27 bits per heavy atom. The lowest BCUT2D eigenvalue weighted by Crippen LogP contribution is -2.12. The van der Waals surface area contributed by atoms with E-state index in [1.165, 1.54) is 18.3 Å². The monoisotopic (exact) mass is 201 g/mol. The number of H-pyrrole nitrogens is 1. The van der Waals surface area contributed by atoms with E-state index in [9.17, 15) is 9.59 Å². The van der Waals surface area contributed by atoms with Crippen molar-refractivity contribution in [3.05, 3.63) is 58.3 Å². The van der Waals surface area contributed by atoms with Crippen LogP contribution < -0.4 is 5.56 Å². The summed E-state index contributed by atoms with van der Waals surface area (Å²) in [4.78, 5) is 26.3. The number of hydrogen-bond acceptors (Lipinski definition) is 4. The summed E-state index contributed by atoms with van der Waals surface area (Å²) in [5, 5.41) is 5.84. The first-order chi connectivity index (χ1) is 7.27. The molecule has 2 aromatic heterocycles. The van der Waals surface area contributed by atoms with E-state index in [0.717, 1.165) is 0 Å². The molecule has 0 atom stereocenters. The van der Waals surface area contributed by atoms with Crippen LogP contribution in [0.15, 0.2) is 41.5 Å². The van der Waals surface area contributed by atoms with Crippen molar-refractivity contribution >= 4 is 5.78 Å². The molecule has 2 heterocycles. The molecule has 0 unspecified atom stereocenters. The molecule has 0 saturated carbocycles. The number of aromatic nitrogens is 3. The number of carbonyl (C=O) groups excluding carboxylic acids is 1. The highest BCUT2D eigenvalue weighted by Gasteiger charge is 2.09. The van der Waals surface area contributed by atoms with Crippen molar-refractivity contribution in [2.75, 3.05) is 0 Å². The van der Waals surface area contributed by atoms with Gasteiger partial charge in [-0.2, -0.15) is 5.10 Å². The molecular formula is C10H7N3O2. The second kappa shape index (κ2) is 3.83. The Morgan fingerprint density at radius 3 is 2.73 bits per heavy atom. The lowest BCUT2D eigenvalue weighted by Gasteiger charge is -1.97. The molecule has 15 heavy (non-hydrogen) atoms. The van der Waals surface area contributed by atoms with E-state index in [0.29, 0.717) is 5.56 Å². The number of pyridine rings is 1. The predicted octanol–water partition coefficient (Wildman–Crippen LogP) is 0.396. The molecule has 0 radical (unpaired) electrons. The predicted molar refractivity (Wildman–Crippen MR) is 52.5 cm³/mol. The largest absolute Gasteiger partial charge is 0.287 e. The van der Waals surface area contributed by atoms with E-state index in [2.05, 4.69) is 15.2 Å². The van der Waals surface area contributed by atoms with E-state index in [-0.39, 0.29) is 17.0 Å². The topological polar surface area (TPSA) is 75.7 Å². The summed E-state index contributed by atoms with van der Waals surface area (Å²) in [6.07, 6.45) is 3.03. The van der Waals surface area contributed by atoms with E-state index >= 15 is 0 Å². The third-order valence-electron chi connectivity index (χ3n) is 1.84. The molecule has 2 rings (SSSR count). The fraction of sp³-hybridized carbons (Fsp3) is 0. The smallest absolute Gasteiger partial charge is 0.264 e. The lowest BCUT2D eigenvalue weighted by molar-refractivity contribution is 0.103. The summed E-state index contributed by atoms with van der Waals surface area (Å²) in [7, 11) is 0. The van der Waals surface area contributed by atoms with Crippen LogP contribution in [-0.4, -0.2) is 21.0 Å². The molecule has 0 aliphatic rings. The number of nitrogens with zero attached hydrogens (tertiary/aromatic N) is 2. The Morgan fingerprint density at radius 2 is 2.13 bits per heavy atom. The van der Waals surface area contributed by atoms with Crippen molar-refractivity contribution in [1.82, 2.24) is 15.2 Å². The molecule has 0 bridgehead atoms. The Hall–Kier alpha value is -2.30. The Kier molecular flexibility index (Phi) is 2.37. The normalized spacial score (nSPS) is 9.87. The summed E-state index contributed by atoms with van der Waals surface area (Å²) < 4.78 is 0. The third kappa shape index (κ3) is 1.96. The molecule has 0 spiro atoms. The van der Waals surface area contributed by atoms with Gasteiger partial charge in [-0.3, -0.25) is 14.6 Å². The first kappa shape index (κ1) is 9.26. The zero-order valence-electron chi connectivity index (χ0n) is 7.68. The summed E-state index contributed by atoms with van der Waals surface area (Å²) in [5.41, 5.74) is 0.303. The van der Waals surface area contributed by atoms with Crippen molar-refractivity contribution in [2.45, 2.75) is 0 Å². The highest BCUT2D eigenvalue weighted by Crippen LogP contribution is 2.03. The molecule has 0 amide bonds. The van der Waals surface area contributed by atoms with E-state index < -0.39 is 0 Å². The van der Waals surface area contributed by atoms with Crippen LogP contribution in [0.5, 0.6) is 0 Å². The first-order valence-corrected chi connectivity index (χ1v) is 4.28. The van der Waals surface area contributed by atoms with Crippen molar-refractivity contribution in [3.63, 3.8) is 0 Å². The maximum atomic E-state index is 11.7. The number of ketones is 1. The van der Waals surface area contributed by atoms with E-state index in [1.54, 1.807) is 18.3 Å². The second-order valence-corrected chi connectivity index (χ2v) is 2.88. The molecule has 5 nitrogen and oxygen atoms in total. The van der Waals surface area contributed by atoms with Gasteiger partial charge in [0.2, 0.25) is 5.78 Å². The van der Waals surface area contributed by atoms with E-state index in [4.69, 9.17) is 0 Å².